The number of hydrogen-bond acceptors (Lipinski definition) is 5. The van der Waals surface area contributed by atoms with Crippen LogP contribution in [0.1, 0.15) is 26.2 Å². The highest BCUT2D eigenvalue weighted by Gasteiger charge is 2.33. The molecule has 1 aliphatic carbocycles. The van der Waals surface area contributed by atoms with Gasteiger partial charge in [0.1, 0.15) is 0 Å². The molecule has 0 bridgehead atoms. The minimum absolute atomic E-state index is 0.303. The lowest BCUT2D eigenvalue weighted by molar-refractivity contribution is 0.133. The lowest BCUT2D eigenvalue weighted by atomic mass is 9.77. The van der Waals surface area contributed by atoms with Crippen LogP contribution >= 0.6 is 0 Å². The van der Waals surface area contributed by atoms with E-state index in [1.165, 1.54) is 18.9 Å². The molecule has 2 aliphatic rings. The molecule has 0 aromatic heterocycles. The minimum atomic E-state index is -0.303. The molecule has 1 amide bonds. The SMILES string of the molecule is CCN(C(=O)OC)C1=CCC2NCC/C(=C\C(N)=C\N)[C@@H]2C1. The topological polar surface area (TPSA) is 93.6 Å². The summed E-state index contributed by atoms with van der Waals surface area (Å²) in [5.74, 6) is 0.339. The fourth-order valence-electron chi connectivity index (χ4n) is 3.30. The number of carbonyl (C=O) groups is 1. The molecule has 0 aromatic rings. The molecule has 0 aromatic carbocycles. The second kappa shape index (κ2) is 7.35. The maximum atomic E-state index is 11.9. The van der Waals surface area contributed by atoms with Crippen molar-refractivity contribution in [1.82, 2.24) is 10.2 Å². The van der Waals surface area contributed by atoms with Gasteiger partial charge in [0, 0.05) is 36.1 Å². The number of piperidine rings is 1. The van der Waals surface area contributed by atoms with Gasteiger partial charge < -0.3 is 21.5 Å². The predicted molar refractivity (Wildman–Crippen MR) is 86.5 cm³/mol. The van der Waals surface area contributed by atoms with Crippen LogP contribution < -0.4 is 16.8 Å². The molecule has 0 spiro atoms. The van der Waals surface area contributed by atoms with E-state index in [4.69, 9.17) is 16.2 Å². The van der Waals surface area contributed by atoms with Crippen LogP contribution in [-0.2, 0) is 4.74 Å². The monoisotopic (exact) mass is 306 g/mol. The van der Waals surface area contributed by atoms with E-state index in [2.05, 4.69) is 11.4 Å². The number of methoxy groups -OCH3 is 1. The molecule has 1 aliphatic heterocycles. The standard InChI is InChI=1S/C16H26N4O2/c1-3-20(16(21)22-2)13-4-5-15-14(9-13)11(6-7-19-15)8-12(18)10-17/h4,8,10,14-15,19H,3,5-7,9,17-18H2,1-2H3/b11-8+,12-10-/t14-,15?/m0/s1. The first-order chi connectivity index (χ1) is 10.6. The van der Waals surface area contributed by atoms with Gasteiger partial charge in [0.25, 0.3) is 0 Å². The first-order valence-electron chi connectivity index (χ1n) is 7.76. The molecule has 1 fully saturated rings. The van der Waals surface area contributed by atoms with Crippen molar-refractivity contribution in [3.63, 3.8) is 0 Å². The Labute approximate surface area is 131 Å². The zero-order valence-corrected chi connectivity index (χ0v) is 13.3. The molecule has 5 N–H and O–H groups in total. The van der Waals surface area contributed by atoms with E-state index in [0.29, 0.717) is 24.2 Å². The van der Waals surface area contributed by atoms with Crippen LogP contribution in [0.2, 0.25) is 0 Å². The summed E-state index contributed by atoms with van der Waals surface area (Å²) in [6.45, 7) is 3.50. The maximum Gasteiger partial charge on any atom is 0.413 e. The van der Waals surface area contributed by atoms with Crippen molar-refractivity contribution >= 4 is 6.09 Å². The van der Waals surface area contributed by atoms with Crippen molar-refractivity contribution in [2.24, 2.45) is 17.4 Å². The Morgan fingerprint density at radius 1 is 1.59 bits per heavy atom. The van der Waals surface area contributed by atoms with E-state index < -0.39 is 0 Å². The first-order valence-corrected chi connectivity index (χ1v) is 7.76. The fraction of sp³-hybridized carbons (Fsp3) is 0.562. The van der Waals surface area contributed by atoms with Gasteiger partial charge in [-0.05, 0) is 38.8 Å². The number of rotatable bonds is 3. The smallest absolute Gasteiger partial charge is 0.413 e. The van der Waals surface area contributed by atoms with Crippen LogP contribution in [0, 0.1) is 5.92 Å². The maximum absolute atomic E-state index is 11.9. The summed E-state index contributed by atoms with van der Waals surface area (Å²) >= 11 is 0. The van der Waals surface area contributed by atoms with E-state index in [1.54, 1.807) is 4.90 Å². The molecule has 22 heavy (non-hydrogen) atoms. The zero-order chi connectivity index (χ0) is 16.1. The van der Waals surface area contributed by atoms with Crippen LogP contribution in [0.5, 0.6) is 0 Å². The summed E-state index contributed by atoms with van der Waals surface area (Å²) in [4.78, 5) is 13.6. The fourth-order valence-corrected chi connectivity index (χ4v) is 3.30. The van der Waals surface area contributed by atoms with E-state index in [1.807, 2.05) is 13.0 Å². The average Bonchev–Trinajstić information content (AvgIpc) is 2.55. The summed E-state index contributed by atoms with van der Waals surface area (Å²) < 4.78 is 4.87. The van der Waals surface area contributed by atoms with Gasteiger partial charge in [-0.3, -0.25) is 4.90 Å². The Hall–Kier alpha value is -1.95. The quantitative estimate of drug-likeness (QED) is 0.733. The molecular formula is C16H26N4O2. The Bertz CT molecular complexity index is 510. The Morgan fingerprint density at radius 3 is 3.00 bits per heavy atom. The number of carbonyl (C=O) groups excluding carboxylic acids is 1. The molecule has 1 unspecified atom stereocenters. The number of hydrogen-bond donors (Lipinski definition) is 3. The number of nitrogens with one attached hydrogen (secondary N) is 1. The van der Waals surface area contributed by atoms with Crippen molar-refractivity contribution < 1.29 is 9.53 Å². The molecule has 0 saturated carbocycles. The Morgan fingerprint density at radius 2 is 2.36 bits per heavy atom. The van der Waals surface area contributed by atoms with E-state index in [9.17, 15) is 4.79 Å². The summed E-state index contributed by atoms with van der Waals surface area (Å²) in [5.41, 5.74) is 14.3. The summed E-state index contributed by atoms with van der Waals surface area (Å²) in [6, 6.07) is 0.394. The molecule has 6 nitrogen and oxygen atoms in total. The number of allylic oxidation sites excluding steroid dienone is 2. The van der Waals surface area contributed by atoms with Crippen LogP contribution in [0.25, 0.3) is 0 Å². The number of amides is 1. The van der Waals surface area contributed by atoms with Gasteiger partial charge in [-0.2, -0.15) is 0 Å². The number of nitrogens with two attached hydrogens (primary N) is 2. The van der Waals surface area contributed by atoms with Crippen LogP contribution in [0.3, 0.4) is 0 Å². The summed E-state index contributed by atoms with van der Waals surface area (Å²) in [6.07, 6.45) is 7.91. The summed E-state index contributed by atoms with van der Waals surface area (Å²) in [5, 5.41) is 3.55. The predicted octanol–water partition coefficient (Wildman–Crippen LogP) is 1.42. The van der Waals surface area contributed by atoms with Gasteiger partial charge in [-0.1, -0.05) is 11.6 Å². The van der Waals surface area contributed by atoms with E-state index >= 15 is 0 Å². The van der Waals surface area contributed by atoms with Gasteiger partial charge in [-0.15, -0.1) is 0 Å². The summed E-state index contributed by atoms with van der Waals surface area (Å²) in [7, 11) is 1.41. The van der Waals surface area contributed by atoms with Gasteiger partial charge >= 0.3 is 6.09 Å². The second-order valence-corrected chi connectivity index (χ2v) is 5.65. The van der Waals surface area contributed by atoms with Crippen LogP contribution in [0.4, 0.5) is 4.79 Å². The minimum Gasteiger partial charge on any atom is -0.452 e. The van der Waals surface area contributed by atoms with Gasteiger partial charge in [0.15, 0.2) is 0 Å². The van der Waals surface area contributed by atoms with Crippen molar-refractivity contribution in [3.05, 3.63) is 35.3 Å². The highest BCUT2D eigenvalue weighted by molar-refractivity contribution is 5.69. The zero-order valence-electron chi connectivity index (χ0n) is 13.3. The third-order valence-electron chi connectivity index (χ3n) is 4.42. The van der Waals surface area contributed by atoms with E-state index in [0.717, 1.165) is 31.5 Å². The highest BCUT2D eigenvalue weighted by atomic mass is 16.5. The molecule has 2 rings (SSSR count). The number of ether oxygens (including phenoxy) is 1. The Kier molecular flexibility index (Phi) is 5.49. The molecule has 1 saturated heterocycles. The van der Waals surface area contributed by atoms with Crippen molar-refractivity contribution in [3.8, 4) is 0 Å². The third-order valence-corrected chi connectivity index (χ3v) is 4.42. The molecule has 2 atom stereocenters. The van der Waals surface area contributed by atoms with Crippen molar-refractivity contribution in [1.29, 1.82) is 0 Å². The van der Waals surface area contributed by atoms with E-state index in [-0.39, 0.29) is 6.09 Å². The third kappa shape index (κ3) is 3.44. The lowest BCUT2D eigenvalue weighted by Crippen LogP contribution is -2.46. The number of fused-ring (bicyclic) bond motifs is 1. The van der Waals surface area contributed by atoms with Gasteiger partial charge in [0.2, 0.25) is 0 Å². The first kappa shape index (κ1) is 16.4. The molecule has 1 heterocycles. The second-order valence-electron chi connectivity index (χ2n) is 5.65. The molecule has 6 heteroatoms. The highest BCUT2D eigenvalue weighted by Crippen LogP contribution is 2.36. The van der Waals surface area contributed by atoms with Gasteiger partial charge in [0.05, 0.1) is 7.11 Å². The molecular weight excluding hydrogens is 280 g/mol. The average molecular weight is 306 g/mol. The van der Waals surface area contributed by atoms with Crippen molar-refractivity contribution in [2.75, 3.05) is 20.2 Å². The number of nitrogens with zero attached hydrogens (tertiary/aromatic N) is 1. The normalized spacial score (nSPS) is 27.1. The van der Waals surface area contributed by atoms with Crippen LogP contribution in [0.15, 0.2) is 35.3 Å². The van der Waals surface area contributed by atoms with Gasteiger partial charge in [-0.25, -0.2) is 4.79 Å². The van der Waals surface area contributed by atoms with Crippen LogP contribution in [-0.4, -0.2) is 37.2 Å². The van der Waals surface area contributed by atoms with Crippen molar-refractivity contribution in [2.45, 2.75) is 32.2 Å². The lowest BCUT2D eigenvalue weighted by Gasteiger charge is -2.40. The molecule has 122 valence electrons. The molecule has 0 radical (unpaired) electrons. The largest absolute Gasteiger partial charge is 0.452 e. The Balaban J connectivity index is 2.22.